The number of hydrogen-bond acceptors (Lipinski definition) is 4. The minimum absolute atomic E-state index is 0.185. The maximum absolute atomic E-state index is 5.94. The molecule has 108 valence electrons. The van der Waals surface area contributed by atoms with Gasteiger partial charge in [0.1, 0.15) is 17.9 Å². The van der Waals surface area contributed by atoms with Gasteiger partial charge in [-0.2, -0.15) is 0 Å². The number of methoxy groups -OCH3 is 1. The van der Waals surface area contributed by atoms with Crippen LogP contribution in [0.3, 0.4) is 0 Å². The highest BCUT2D eigenvalue weighted by molar-refractivity contribution is 5.84. The smallest absolute Gasteiger partial charge is 0.145 e. The number of likely N-dealkylation sites (N-methyl/N-ethyl adjacent to an activating group) is 1. The molecule has 1 heterocycles. The van der Waals surface area contributed by atoms with Crippen molar-refractivity contribution in [1.82, 2.24) is 10.3 Å². The molecule has 0 fully saturated rings. The van der Waals surface area contributed by atoms with Crippen molar-refractivity contribution in [3.05, 3.63) is 36.0 Å². The van der Waals surface area contributed by atoms with Gasteiger partial charge in [0.25, 0.3) is 0 Å². The molecule has 1 atom stereocenters. The number of nitrogens with one attached hydrogen (secondary N) is 1. The van der Waals surface area contributed by atoms with E-state index in [9.17, 15) is 0 Å². The van der Waals surface area contributed by atoms with Crippen molar-refractivity contribution in [2.75, 3.05) is 26.9 Å². The number of benzene rings is 1. The second-order valence-electron chi connectivity index (χ2n) is 4.80. The number of para-hydroxylation sites is 1. The Morgan fingerprint density at radius 3 is 2.80 bits per heavy atom. The van der Waals surface area contributed by atoms with Crippen LogP contribution in [0, 0.1) is 6.92 Å². The van der Waals surface area contributed by atoms with Gasteiger partial charge >= 0.3 is 0 Å². The molecule has 2 rings (SSSR count). The van der Waals surface area contributed by atoms with E-state index in [0.29, 0.717) is 13.2 Å². The Balaban J connectivity index is 2.14. The normalized spacial score (nSPS) is 12.6. The van der Waals surface area contributed by atoms with Crippen LogP contribution in [0.25, 0.3) is 10.9 Å². The fourth-order valence-corrected chi connectivity index (χ4v) is 2.18. The molecule has 0 aliphatic heterocycles. The minimum Gasteiger partial charge on any atom is -0.490 e. The maximum atomic E-state index is 5.94. The second-order valence-corrected chi connectivity index (χ2v) is 4.80. The third-order valence-electron chi connectivity index (χ3n) is 3.12. The van der Waals surface area contributed by atoms with E-state index in [1.54, 1.807) is 7.11 Å². The molecular formula is C16H22N2O2. The Kier molecular flexibility index (Phi) is 5.32. The van der Waals surface area contributed by atoms with E-state index in [0.717, 1.165) is 28.9 Å². The highest BCUT2D eigenvalue weighted by Crippen LogP contribution is 2.23. The first-order valence-electron chi connectivity index (χ1n) is 6.96. The standard InChI is InChI=1S/C16H22N2O2/c1-4-17-14(10-19-3)11-20-15-7-5-6-13-9-8-12(2)18-16(13)15/h5-9,14,17H,4,10-11H2,1-3H3. The van der Waals surface area contributed by atoms with Crippen LogP contribution in [0.1, 0.15) is 12.6 Å². The van der Waals surface area contributed by atoms with Crippen LogP contribution in [0.2, 0.25) is 0 Å². The third kappa shape index (κ3) is 3.68. The van der Waals surface area contributed by atoms with Gasteiger partial charge in [0.05, 0.1) is 12.6 Å². The summed E-state index contributed by atoms with van der Waals surface area (Å²) in [6.07, 6.45) is 0. The summed E-state index contributed by atoms with van der Waals surface area (Å²) in [6.45, 7) is 6.15. The highest BCUT2D eigenvalue weighted by atomic mass is 16.5. The predicted molar refractivity (Wildman–Crippen MR) is 81.3 cm³/mol. The highest BCUT2D eigenvalue weighted by Gasteiger charge is 2.10. The summed E-state index contributed by atoms with van der Waals surface area (Å²) in [4.78, 5) is 4.57. The zero-order valence-corrected chi connectivity index (χ0v) is 12.3. The van der Waals surface area contributed by atoms with Crippen molar-refractivity contribution in [3.63, 3.8) is 0 Å². The van der Waals surface area contributed by atoms with E-state index in [4.69, 9.17) is 9.47 Å². The van der Waals surface area contributed by atoms with Gasteiger partial charge in [0, 0.05) is 18.2 Å². The quantitative estimate of drug-likeness (QED) is 0.842. The molecule has 1 N–H and O–H groups in total. The number of aryl methyl sites for hydroxylation is 1. The van der Waals surface area contributed by atoms with E-state index in [-0.39, 0.29) is 6.04 Å². The second kappa shape index (κ2) is 7.22. The average Bonchev–Trinajstić information content (AvgIpc) is 2.45. The van der Waals surface area contributed by atoms with Crippen molar-refractivity contribution in [1.29, 1.82) is 0 Å². The van der Waals surface area contributed by atoms with Gasteiger partial charge in [0.2, 0.25) is 0 Å². The molecule has 0 saturated heterocycles. The lowest BCUT2D eigenvalue weighted by Crippen LogP contribution is -2.38. The van der Waals surface area contributed by atoms with Gasteiger partial charge in [-0.3, -0.25) is 0 Å². The minimum atomic E-state index is 0.185. The van der Waals surface area contributed by atoms with Crippen LogP contribution >= 0.6 is 0 Å². The molecular weight excluding hydrogens is 252 g/mol. The third-order valence-corrected chi connectivity index (χ3v) is 3.12. The maximum Gasteiger partial charge on any atom is 0.145 e. The molecule has 4 nitrogen and oxygen atoms in total. The number of fused-ring (bicyclic) bond motifs is 1. The Hall–Kier alpha value is -1.65. The topological polar surface area (TPSA) is 43.4 Å². The van der Waals surface area contributed by atoms with Crippen molar-refractivity contribution in [2.24, 2.45) is 0 Å². The van der Waals surface area contributed by atoms with Gasteiger partial charge in [0.15, 0.2) is 0 Å². The van der Waals surface area contributed by atoms with E-state index < -0.39 is 0 Å². The number of nitrogens with zero attached hydrogens (tertiary/aromatic N) is 1. The fraction of sp³-hybridized carbons (Fsp3) is 0.438. The Labute approximate surface area is 120 Å². The SMILES string of the molecule is CCNC(COC)COc1cccc2ccc(C)nc12. The predicted octanol–water partition coefficient (Wildman–Crippen LogP) is 2.55. The lowest BCUT2D eigenvalue weighted by atomic mass is 10.2. The summed E-state index contributed by atoms with van der Waals surface area (Å²) in [5, 5.41) is 4.44. The molecule has 4 heteroatoms. The van der Waals surface area contributed by atoms with Gasteiger partial charge < -0.3 is 14.8 Å². The summed E-state index contributed by atoms with van der Waals surface area (Å²) in [5.74, 6) is 0.824. The summed E-state index contributed by atoms with van der Waals surface area (Å²) >= 11 is 0. The van der Waals surface area contributed by atoms with Crippen LogP contribution in [0.4, 0.5) is 0 Å². The number of pyridine rings is 1. The van der Waals surface area contributed by atoms with Gasteiger partial charge in [-0.1, -0.05) is 25.1 Å². The molecule has 0 radical (unpaired) electrons. The first-order chi connectivity index (χ1) is 9.74. The van der Waals surface area contributed by atoms with Crippen LogP contribution in [0.15, 0.2) is 30.3 Å². The van der Waals surface area contributed by atoms with E-state index in [2.05, 4.69) is 23.3 Å². The summed E-state index contributed by atoms with van der Waals surface area (Å²) in [7, 11) is 1.70. The Bertz CT molecular complexity index is 551. The molecule has 1 aromatic heterocycles. The van der Waals surface area contributed by atoms with E-state index >= 15 is 0 Å². The summed E-state index contributed by atoms with van der Waals surface area (Å²) in [6, 6.07) is 10.3. The van der Waals surface area contributed by atoms with E-state index in [1.807, 2.05) is 31.2 Å². The molecule has 1 aromatic carbocycles. The molecule has 0 aliphatic carbocycles. The average molecular weight is 274 g/mol. The lowest BCUT2D eigenvalue weighted by molar-refractivity contribution is 0.137. The monoisotopic (exact) mass is 274 g/mol. The number of aromatic nitrogens is 1. The van der Waals surface area contributed by atoms with Crippen molar-refractivity contribution < 1.29 is 9.47 Å². The number of ether oxygens (including phenoxy) is 2. The van der Waals surface area contributed by atoms with E-state index in [1.165, 1.54) is 0 Å². The zero-order valence-electron chi connectivity index (χ0n) is 12.3. The van der Waals surface area contributed by atoms with Crippen LogP contribution < -0.4 is 10.1 Å². The van der Waals surface area contributed by atoms with Gasteiger partial charge in [-0.05, 0) is 25.6 Å². The van der Waals surface area contributed by atoms with Crippen LogP contribution in [0.5, 0.6) is 5.75 Å². The lowest BCUT2D eigenvalue weighted by Gasteiger charge is -2.18. The zero-order chi connectivity index (χ0) is 14.4. The molecule has 1 unspecified atom stereocenters. The number of hydrogen-bond donors (Lipinski definition) is 1. The Morgan fingerprint density at radius 2 is 2.05 bits per heavy atom. The fourth-order valence-electron chi connectivity index (χ4n) is 2.18. The van der Waals surface area contributed by atoms with Crippen molar-refractivity contribution in [2.45, 2.75) is 19.9 Å². The molecule has 0 spiro atoms. The summed E-state index contributed by atoms with van der Waals surface area (Å²) < 4.78 is 11.1. The molecule has 2 aromatic rings. The molecule has 0 saturated carbocycles. The van der Waals surface area contributed by atoms with Crippen molar-refractivity contribution >= 4 is 10.9 Å². The first kappa shape index (κ1) is 14.8. The molecule has 0 amide bonds. The molecule has 0 bridgehead atoms. The van der Waals surface area contributed by atoms with Gasteiger partial charge in [-0.15, -0.1) is 0 Å². The molecule has 0 aliphatic rings. The molecule has 20 heavy (non-hydrogen) atoms. The number of rotatable bonds is 7. The first-order valence-corrected chi connectivity index (χ1v) is 6.96. The largest absolute Gasteiger partial charge is 0.490 e. The van der Waals surface area contributed by atoms with Crippen LogP contribution in [-0.2, 0) is 4.74 Å². The Morgan fingerprint density at radius 1 is 1.20 bits per heavy atom. The van der Waals surface area contributed by atoms with Crippen LogP contribution in [-0.4, -0.2) is 37.9 Å². The van der Waals surface area contributed by atoms with Crippen molar-refractivity contribution in [3.8, 4) is 5.75 Å². The van der Waals surface area contributed by atoms with Gasteiger partial charge in [-0.25, -0.2) is 4.98 Å². The summed E-state index contributed by atoms with van der Waals surface area (Å²) in [5.41, 5.74) is 1.91.